The number of carbonyl (C=O) groups excluding carboxylic acids is 3. The van der Waals surface area contributed by atoms with Crippen LogP contribution in [0, 0.1) is 12.8 Å². The molecular formula is C43H43NO8. The van der Waals surface area contributed by atoms with Gasteiger partial charge in [-0.1, -0.05) is 121 Å². The lowest BCUT2D eigenvalue weighted by Gasteiger charge is -2.24. The number of aliphatic hydroxyl groups excluding tert-OH is 1. The van der Waals surface area contributed by atoms with Gasteiger partial charge < -0.3 is 23.7 Å². The van der Waals surface area contributed by atoms with E-state index >= 15 is 0 Å². The molecule has 0 radical (unpaired) electrons. The minimum atomic E-state index is -1.24. The summed E-state index contributed by atoms with van der Waals surface area (Å²) in [5.74, 6) is -1.76. The van der Waals surface area contributed by atoms with Crippen molar-refractivity contribution in [2.45, 2.75) is 44.9 Å². The molecule has 4 aromatic carbocycles. The van der Waals surface area contributed by atoms with Gasteiger partial charge in [-0.05, 0) is 48.1 Å². The van der Waals surface area contributed by atoms with Crippen LogP contribution in [0.5, 0.6) is 0 Å². The van der Waals surface area contributed by atoms with Gasteiger partial charge in [-0.2, -0.15) is 0 Å². The number of carbonyl (C=O) groups is 3. The highest BCUT2D eigenvalue weighted by atomic mass is 16.6. The number of cyclic esters (lactones) is 1. The molecule has 0 spiro atoms. The molecular weight excluding hydrogens is 658 g/mol. The number of imide groups is 1. The normalized spacial score (nSPS) is 15.3. The molecule has 1 aromatic heterocycles. The number of amides is 2. The summed E-state index contributed by atoms with van der Waals surface area (Å²) in [6.45, 7) is 2.80. The zero-order valence-corrected chi connectivity index (χ0v) is 29.2. The van der Waals surface area contributed by atoms with Crippen molar-refractivity contribution in [2.24, 2.45) is 5.92 Å². The number of furan rings is 1. The number of nitrogens with zero attached hydrogens (tertiary/aromatic N) is 1. The summed E-state index contributed by atoms with van der Waals surface area (Å²) in [6, 6.07) is 37.2. The Morgan fingerprint density at radius 3 is 2.27 bits per heavy atom. The third-order valence-electron chi connectivity index (χ3n) is 9.10. The maximum absolute atomic E-state index is 14.5. The van der Waals surface area contributed by atoms with Crippen LogP contribution in [0.25, 0.3) is 11.1 Å². The second-order valence-corrected chi connectivity index (χ2v) is 12.9. The number of aryl methyl sites for hydroxylation is 2. The van der Waals surface area contributed by atoms with Crippen LogP contribution >= 0.6 is 0 Å². The molecule has 1 aliphatic rings. The molecule has 0 bridgehead atoms. The summed E-state index contributed by atoms with van der Waals surface area (Å²) in [5.41, 5.74) is 5.20. The van der Waals surface area contributed by atoms with E-state index < -0.39 is 35.8 Å². The number of hydrogen-bond donors (Lipinski definition) is 1. The van der Waals surface area contributed by atoms with E-state index in [1.807, 2.05) is 122 Å². The van der Waals surface area contributed by atoms with Crippen molar-refractivity contribution in [1.29, 1.82) is 0 Å². The number of rotatable bonds is 17. The van der Waals surface area contributed by atoms with Crippen LogP contribution in [0.15, 0.2) is 126 Å². The Morgan fingerprint density at radius 1 is 0.885 bits per heavy atom. The SMILES string of the molecule is Cc1cccc(-c2cc(C(=O)C(Cc3ccccc3)C(=O)N3C(=O)OCC3c3ccccc3)oc2CCCOCC(CO)OCc2ccccc2)c1. The van der Waals surface area contributed by atoms with Crippen LogP contribution in [0.1, 0.15) is 51.0 Å². The molecule has 5 aromatic rings. The number of hydrogen-bond acceptors (Lipinski definition) is 8. The van der Waals surface area contributed by atoms with Gasteiger partial charge in [0.1, 0.15) is 30.4 Å². The summed E-state index contributed by atoms with van der Waals surface area (Å²) < 4.78 is 23.4. The second kappa shape index (κ2) is 17.7. The Hall–Kier alpha value is -5.35. The van der Waals surface area contributed by atoms with Gasteiger partial charge in [-0.15, -0.1) is 0 Å². The van der Waals surface area contributed by atoms with Crippen LogP contribution in [0.4, 0.5) is 4.79 Å². The van der Waals surface area contributed by atoms with E-state index in [1.165, 1.54) is 0 Å². The van der Waals surface area contributed by atoms with Gasteiger partial charge in [0.15, 0.2) is 5.76 Å². The molecule has 52 heavy (non-hydrogen) atoms. The monoisotopic (exact) mass is 701 g/mol. The molecule has 2 heterocycles. The van der Waals surface area contributed by atoms with Gasteiger partial charge in [0.25, 0.3) is 0 Å². The van der Waals surface area contributed by atoms with Gasteiger partial charge in [0.05, 0.1) is 19.8 Å². The van der Waals surface area contributed by atoms with Crippen molar-refractivity contribution < 1.29 is 38.1 Å². The molecule has 0 aliphatic carbocycles. The average Bonchev–Trinajstić information content (AvgIpc) is 3.79. The zero-order chi connectivity index (χ0) is 36.3. The first-order valence-electron chi connectivity index (χ1n) is 17.6. The van der Waals surface area contributed by atoms with Gasteiger partial charge in [0, 0.05) is 18.6 Å². The number of Topliss-reactive ketones (excluding diaryl/α,β-unsaturated/α-hetero) is 1. The smallest absolute Gasteiger partial charge is 0.417 e. The third kappa shape index (κ3) is 9.11. The quantitative estimate of drug-likeness (QED) is 0.0601. The summed E-state index contributed by atoms with van der Waals surface area (Å²) in [6.07, 6.45) is -0.145. The second-order valence-electron chi connectivity index (χ2n) is 12.9. The lowest BCUT2D eigenvalue weighted by Crippen LogP contribution is -2.42. The lowest BCUT2D eigenvalue weighted by molar-refractivity contribution is -0.132. The maximum Gasteiger partial charge on any atom is 0.417 e. The van der Waals surface area contributed by atoms with Crippen LogP contribution in [-0.4, -0.2) is 60.3 Å². The van der Waals surface area contributed by atoms with Crippen molar-refractivity contribution in [2.75, 3.05) is 26.4 Å². The highest BCUT2D eigenvalue weighted by Crippen LogP contribution is 2.34. The maximum atomic E-state index is 14.5. The molecule has 9 heteroatoms. The molecule has 2 amide bonds. The van der Waals surface area contributed by atoms with Crippen LogP contribution in [0.2, 0.25) is 0 Å². The van der Waals surface area contributed by atoms with E-state index in [2.05, 4.69) is 0 Å². The minimum Gasteiger partial charge on any atom is -0.457 e. The Balaban J connectivity index is 1.21. The van der Waals surface area contributed by atoms with Crippen LogP contribution in [0.3, 0.4) is 0 Å². The van der Waals surface area contributed by atoms with E-state index in [0.717, 1.165) is 38.3 Å². The summed E-state index contributed by atoms with van der Waals surface area (Å²) in [5, 5.41) is 9.81. The molecule has 9 nitrogen and oxygen atoms in total. The predicted octanol–water partition coefficient (Wildman–Crippen LogP) is 7.54. The zero-order valence-electron chi connectivity index (χ0n) is 29.2. The first-order chi connectivity index (χ1) is 25.4. The highest BCUT2D eigenvalue weighted by Gasteiger charge is 2.44. The number of aliphatic hydroxyl groups is 1. The van der Waals surface area contributed by atoms with E-state index in [4.69, 9.17) is 18.6 Å². The van der Waals surface area contributed by atoms with Crippen molar-refractivity contribution in [3.63, 3.8) is 0 Å². The van der Waals surface area contributed by atoms with Gasteiger partial charge in [-0.3, -0.25) is 9.59 Å². The van der Waals surface area contributed by atoms with Gasteiger partial charge in [0.2, 0.25) is 11.7 Å². The summed E-state index contributed by atoms with van der Waals surface area (Å²) in [4.78, 5) is 42.9. The first-order valence-corrected chi connectivity index (χ1v) is 17.6. The Kier molecular flexibility index (Phi) is 12.4. The van der Waals surface area contributed by atoms with Crippen molar-refractivity contribution in [3.8, 4) is 11.1 Å². The number of ketones is 1. The largest absolute Gasteiger partial charge is 0.457 e. The van der Waals surface area contributed by atoms with E-state index in [0.29, 0.717) is 31.8 Å². The van der Waals surface area contributed by atoms with Crippen LogP contribution < -0.4 is 0 Å². The molecule has 3 atom stereocenters. The highest BCUT2D eigenvalue weighted by molar-refractivity contribution is 6.12. The van der Waals surface area contributed by atoms with Crippen LogP contribution in [-0.2, 0) is 38.5 Å². The molecule has 1 aliphatic heterocycles. The molecule has 1 fully saturated rings. The third-order valence-corrected chi connectivity index (χ3v) is 9.10. The standard InChI is InChI=1S/C43H43NO8/c1-30-13-11-20-34(23-30)36-25-40(52-39(36)21-12-22-49-28-35(26-45)50-27-32-16-7-3-8-17-32)41(46)37(24-31-14-5-2-6-15-31)42(47)44-38(29-51-43(44)48)33-18-9-4-10-19-33/h2-11,13-20,23,25,35,37-38,45H,12,21-22,24,26-29H2,1H3. The Morgan fingerprint density at radius 2 is 1.58 bits per heavy atom. The predicted molar refractivity (Wildman–Crippen MR) is 195 cm³/mol. The molecule has 6 rings (SSSR count). The fourth-order valence-corrected chi connectivity index (χ4v) is 6.35. The van der Waals surface area contributed by atoms with Crippen molar-refractivity contribution in [1.82, 2.24) is 4.90 Å². The molecule has 3 unspecified atom stereocenters. The number of ether oxygens (including phenoxy) is 3. The molecule has 0 saturated carbocycles. The van der Waals surface area contributed by atoms with Gasteiger partial charge in [-0.25, -0.2) is 9.69 Å². The summed E-state index contributed by atoms with van der Waals surface area (Å²) in [7, 11) is 0. The average molecular weight is 702 g/mol. The van der Waals surface area contributed by atoms with Gasteiger partial charge >= 0.3 is 6.09 Å². The molecule has 1 N–H and O–H groups in total. The molecule has 268 valence electrons. The number of benzene rings is 4. The van der Waals surface area contributed by atoms with E-state index in [-0.39, 0.29) is 32.0 Å². The van der Waals surface area contributed by atoms with E-state index in [9.17, 15) is 19.5 Å². The fourth-order valence-electron chi connectivity index (χ4n) is 6.35. The Bertz CT molecular complexity index is 1920. The molecule has 1 saturated heterocycles. The lowest BCUT2D eigenvalue weighted by atomic mass is 9.91. The van der Waals surface area contributed by atoms with Crippen molar-refractivity contribution in [3.05, 3.63) is 155 Å². The minimum absolute atomic E-state index is 0.00349. The van der Waals surface area contributed by atoms with Crippen molar-refractivity contribution >= 4 is 17.8 Å². The van der Waals surface area contributed by atoms with E-state index in [1.54, 1.807) is 6.07 Å². The Labute approximate surface area is 303 Å². The fraction of sp³-hybridized carbons (Fsp3) is 0.279. The summed E-state index contributed by atoms with van der Waals surface area (Å²) >= 11 is 0. The first kappa shape index (κ1) is 36.4. The topological polar surface area (TPSA) is 116 Å².